The maximum Gasteiger partial charge on any atom is 0.0547 e. The molecule has 0 N–H and O–H groups in total. The zero-order valence-electron chi connectivity index (χ0n) is 9.82. The molecule has 2 rings (SSSR count). The van der Waals surface area contributed by atoms with E-state index in [1.165, 1.54) is 31.6 Å². The van der Waals surface area contributed by atoms with Crippen LogP contribution >= 0.6 is 15.9 Å². The highest BCUT2D eigenvalue weighted by Crippen LogP contribution is 2.20. The highest BCUT2D eigenvalue weighted by atomic mass is 79.9. The standard InChI is InChI=1S/C13H19BrN2/c1-11-3-2-4-13(15-11)10-16-7-5-12(9-14)6-8-16/h2-4,12H,5-10H2,1H3. The van der Waals surface area contributed by atoms with E-state index in [0.717, 1.165) is 23.5 Å². The highest BCUT2D eigenvalue weighted by Gasteiger charge is 2.18. The molecule has 88 valence electrons. The molecule has 16 heavy (non-hydrogen) atoms. The lowest BCUT2D eigenvalue weighted by molar-refractivity contribution is 0.185. The molecule has 1 saturated heterocycles. The Labute approximate surface area is 106 Å². The van der Waals surface area contributed by atoms with Crippen molar-refractivity contribution in [1.82, 2.24) is 9.88 Å². The maximum atomic E-state index is 4.56. The molecule has 0 aromatic carbocycles. The first-order valence-corrected chi connectivity index (χ1v) is 7.11. The molecule has 2 nitrogen and oxygen atoms in total. The largest absolute Gasteiger partial charge is 0.297 e. The second kappa shape index (κ2) is 5.78. The third-order valence-corrected chi connectivity index (χ3v) is 4.17. The molecular formula is C13H19BrN2. The minimum absolute atomic E-state index is 0.877. The van der Waals surface area contributed by atoms with Crippen molar-refractivity contribution >= 4 is 15.9 Å². The summed E-state index contributed by atoms with van der Waals surface area (Å²) >= 11 is 3.58. The van der Waals surface area contributed by atoms with Gasteiger partial charge in [-0.05, 0) is 50.9 Å². The summed E-state index contributed by atoms with van der Waals surface area (Å²) in [5.41, 5.74) is 2.32. The lowest BCUT2D eigenvalue weighted by Crippen LogP contribution is -2.33. The van der Waals surface area contributed by atoms with Crippen molar-refractivity contribution in [3.8, 4) is 0 Å². The number of hydrogen-bond acceptors (Lipinski definition) is 2. The van der Waals surface area contributed by atoms with Crippen molar-refractivity contribution in [2.75, 3.05) is 18.4 Å². The van der Waals surface area contributed by atoms with Crippen molar-refractivity contribution < 1.29 is 0 Å². The van der Waals surface area contributed by atoms with Crippen LogP contribution in [0.1, 0.15) is 24.2 Å². The minimum Gasteiger partial charge on any atom is -0.297 e. The van der Waals surface area contributed by atoms with Crippen LogP contribution in [-0.2, 0) is 6.54 Å². The predicted octanol–water partition coefficient (Wildman–Crippen LogP) is 3.00. The average molecular weight is 283 g/mol. The number of aromatic nitrogens is 1. The summed E-state index contributed by atoms with van der Waals surface area (Å²) in [5.74, 6) is 0.877. The zero-order valence-corrected chi connectivity index (χ0v) is 11.4. The molecule has 0 amide bonds. The molecule has 1 aliphatic rings. The van der Waals surface area contributed by atoms with Crippen molar-refractivity contribution in [1.29, 1.82) is 0 Å². The van der Waals surface area contributed by atoms with E-state index in [0.29, 0.717) is 0 Å². The van der Waals surface area contributed by atoms with Gasteiger partial charge in [-0.3, -0.25) is 9.88 Å². The van der Waals surface area contributed by atoms with E-state index in [1.54, 1.807) is 0 Å². The molecule has 0 radical (unpaired) electrons. The van der Waals surface area contributed by atoms with E-state index < -0.39 is 0 Å². The first kappa shape index (κ1) is 12.1. The summed E-state index contributed by atoms with van der Waals surface area (Å²) < 4.78 is 0. The third kappa shape index (κ3) is 3.29. The van der Waals surface area contributed by atoms with Crippen LogP contribution in [0.15, 0.2) is 18.2 Å². The van der Waals surface area contributed by atoms with Gasteiger partial charge in [0.25, 0.3) is 0 Å². The van der Waals surface area contributed by atoms with E-state index in [9.17, 15) is 0 Å². The van der Waals surface area contributed by atoms with Gasteiger partial charge in [-0.2, -0.15) is 0 Å². The monoisotopic (exact) mass is 282 g/mol. The van der Waals surface area contributed by atoms with E-state index in [1.807, 2.05) is 0 Å². The van der Waals surface area contributed by atoms with Gasteiger partial charge in [0.2, 0.25) is 0 Å². The number of hydrogen-bond donors (Lipinski definition) is 0. The molecular weight excluding hydrogens is 264 g/mol. The van der Waals surface area contributed by atoms with E-state index >= 15 is 0 Å². The van der Waals surface area contributed by atoms with Gasteiger partial charge in [-0.1, -0.05) is 22.0 Å². The number of nitrogens with zero attached hydrogens (tertiary/aromatic N) is 2. The number of likely N-dealkylation sites (tertiary alicyclic amines) is 1. The number of alkyl halides is 1. The fourth-order valence-electron chi connectivity index (χ4n) is 2.22. The molecule has 0 atom stereocenters. The van der Waals surface area contributed by atoms with Crippen LogP contribution < -0.4 is 0 Å². The van der Waals surface area contributed by atoms with Gasteiger partial charge >= 0.3 is 0 Å². The Kier molecular flexibility index (Phi) is 4.36. The Morgan fingerprint density at radius 3 is 2.75 bits per heavy atom. The van der Waals surface area contributed by atoms with Gasteiger partial charge in [0.15, 0.2) is 0 Å². The van der Waals surface area contributed by atoms with Gasteiger partial charge in [-0.15, -0.1) is 0 Å². The summed E-state index contributed by atoms with van der Waals surface area (Å²) in [7, 11) is 0. The third-order valence-electron chi connectivity index (χ3n) is 3.26. The van der Waals surface area contributed by atoms with Gasteiger partial charge in [0.05, 0.1) is 5.69 Å². The SMILES string of the molecule is Cc1cccc(CN2CCC(CBr)CC2)n1. The molecule has 0 spiro atoms. The molecule has 1 aromatic rings. The Morgan fingerprint density at radius 1 is 1.38 bits per heavy atom. The fourth-order valence-corrected chi connectivity index (χ4v) is 2.86. The first-order valence-electron chi connectivity index (χ1n) is 5.99. The predicted molar refractivity (Wildman–Crippen MR) is 70.8 cm³/mol. The molecule has 1 aromatic heterocycles. The summed E-state index contributed by atoms with van der Waals surface area (Å²) in [6.45, 7) is 5.50. The Morgan fingerprint density at radius 2 is 2.12 bits per heavy atom. The molecule has 0 bridgehead atoms. The van der Waals surface area contributed by atoms with Crippen molar-refractivity contribution in [2.45, 2.75) is 26.3 Å². The van der Waals surface area contributed by atoms with Crippen LogP contribution in [0.5, 0.6) is 0 Å². The Balaban J connectivity index is 1.87. The number of piperidine rings is 1. The average Bonchev–Trinajstić information content (AvgIpc) is 2.30. The van der Waals surface area contributed by atoms with Crippen LogP contribution in [0.4, 0.5) is 0 Å². The number of halogens is 1. The van der Waals surface area contributed by atoms with E-state index in [2.05, 4.69) is 50.9 Å². The Bertz CT molecular complexity index is 332. The number of rotatable bonds is 3. The second-order valence-electron chi connectivity index (χ2n) is 4.64. The van der Waals surface area contributed by atoms with Crippen molar-refractivity contribution in [3.05, 3.63) is 29.6 Å². The van der Waals surface area contributed by atoms with Gasteiger partial charge in [-0.25, -0.2) is 0 Å². The molecule has 1 aliphatic heterocycles. The second-order valence-corrected chi connectivity index (χ2v) is 5.29. The molecule has 0 unspecified atom stereocenters. The normalized spacial score (nSPS) is 18.9. The molecule has 0 aliphatic carbocycles. The zero-order chi connectivity index (χ0) is 11.4. The quantitative estimate of drug-likeness (QED) is 0.793. The van der Waals surface area contributed by atoms with E-state index in [-0.39, 0.29) is 0 Å². The van der Waals surface area contributed by atoms with Crippen LogP contribution in [0, 0.1) is 12.8 Å². The van der Waals surface area contributed by atoms with Crippen molar-refractivity contribution in [2.24, 2.45) is 5.92 Å². The number of pyridine rings is 1. The minimum atomic E-state index is 0.877. The summed E-state index contributed by atoms with van der Waals surface area (Å²) in [4.78, 5) is 7.07. The van der Waals surface area contributed by atoms with Crippen LogP contribution in [0.2, 0.25) is 0 Å². The maximum absolute atomic E-state index is 4.56. The summed E-state index contributed by atoms with van der Waals surface area (Å²) in [6.07, 6.45) is 2.63. The smallest absolute Gasteiger partial charge is 0.0547 e. The summed E-state index contributed by atoms with van der Waals surface area (Å²) in [6, 6.07) is 6.28. The molecule has 2 heterocycles. The van der Waals surface area contributed by atoms with Crippen LogP contribution in [0.25, 0.3) is 0 Å². The van der Waals surface area contributed by atoms with Gasteiger partial charge in [0.1, 0.15) is 0 Å². The Hall–Kier alpha value is -0.410. The number of aryl methyl sites for hydroxylation is 1. The fraction of sp³-hybridized carbons (Fsp3) is 0.615. The molecule has 0 saturated carbocycles. The van der Waals surface area contributed by atoms with Crippen molar-refractivity contribution in [3.63, 3.8) is 0 Å². The van der Waals surface area contributed by atoms with Gasteiger partial charge in [0, 0.05) is 17.6 Å². The first-order chi connectivity index (χ1) is 7.78. The summed E-state index contributed by atoms with van der Waals surface area (Å²) in [5, 5.41) is 1.16. The van der Waals surface area contributed by atoms with Gasteiger partial charge < -0.3 is 0 Å². The van der Waals surface area contributed by atoms with Crippen LogP contribution in [0.3, 0.4) is 0 Å². The molecule has 1 fully saturated rings. The van der Waals surface area contributed by atoms with E-state index in [4.69, 9.17) is 0 Å². The lowest BCUT2D eigenvalue weighted by Gasteiger charge is -2.30. The molecule has 3 heteroatoms. The highest BCUT2D eigenvalue weighted by molar-refractivity contribution is 9.09. The lowest BCUT2D eigenvalue weighted by atomic mass is 9.99. The van der Waals surface area contributed by atoms with Crippen LogP contribution in [-0.4, -0.2) is 28.3 Å². The topological polar surface area (TPSA) is 16.1 Å².